The monoisotopic (exact) mass is 525 g/mol. The second-order valence-corrected chi connectivity index (χ2v) is 11.9. The average Bonchev–Trinajstić information content (AvgIpc) is 3.28. The Morgan fingerprint density at radius 1 is 0.973 bits per heavy atom. The lowest BCUT2D eigenvalue weighted by Gasteiger charge is -2.40. The fourth-order valence-corrected chi connectivity index (χ4v) is 5.40. The van der Waals surface area contributed by atoms with E-state index in [0.717, 1.165) is 32.1 Å². The van der Waals surface area contributed by atoms with Crippen molar-refractivity contribution < 1.29 is 33.4 Å². The van der Waals surface area contributed by atoms with Crippen molar-refractivity contribution in [1.29, 1.82) is 0 Å². The SMILES string of the molecule is CCCCC(CC)COC(=O)C(C)(CC)CC(C)(CC(C)(C)C(=O)OC(C)N1CCCC1=O)C(=O)OC. The Kier molecular flexibility index (Phi) is 12.6. The molecule has 0 spiro atoms. The van der Waals surface area contributed by atoms with Crippen LogP contribution in [0.4, 0.5) is 0 Å². The molecule has 0 aromatic rings. The number of likely N-dealkylation sites (tertiary alicyclic amines) is 1. The van der Waals surface area contributed by atoms with Crippen LogP contribution in [0.1, 0.15) is 113 Å². The molecule has 8 heteroatoms. The molecule has 37 heavy (non-hydrogen) atoms. The van der Waals surface area contributed by atoms with Gasteiger partial charge < -0.3 is 19.1 Å². The lowest BCUT2D eigenvalue weighted by Crippen LogP contribution is -2.45. The zero-order chi connectivity index (χ0) is 28.4. The summed E-state index contributed by atoms with van der Waals surface area (Å²) in [6, 6.07) is 0. The first-order chi connectivity index (χ1) is 17.2. The van der Waals surface area contributed by atoms with Crippen LogP contribution >= 0.6 is 0 Å². The second-order valence-electron chi connectivity index (χ2n) is 11.9. The number of unbranched alkanes of at least 4 members (excludes halogenated alkanes) is 1. The Bertz CT molecular complexity index is 795. The summed E-state index contributed by atoms with van der Waals surface area (Å²) in [4.78, 5) is 53.2. The van der Waals surface area contributed by atoms with Crippen molar-refractivity contribution in [1.82, 2.24) is 4.90 Å². The van der Waals surface area contributed by atoms with E-state index in [1.54, 1.807) is 32.6 Å². The van der Waals surface area contributed by atoms with E-state index in [1.165, 1.54) is 7.11 Å². The van der Waals surface area contributed by atoms with E-state index in [4.69, 9.17) is 14.2 Å². The third-order valence-corrected chi connectivity index (χ3v) is 7.94. The summed E-state index contributed by atoms with van der Waals surface area (Å²) in [5, 5.41) is 0. The number of nitrogens with zero attached hydrogens (tertiary/aromatic N) is 1. The van der Waals surface area contributed by atoms with Gasteiger partial charge in [0.25, 0.3) is 0 Å². The molecule has 8 nitrogen and oxygen atoms in total. The van der Waals surface area contributed by atoms with Crippen LogP contribution in [-0.2, 0) is 33.4 Å². The number of carbonyl (C=O) groups is 4. The molecule has 1 rings (SSSR count). The molecule has 1 fully saturated rings. The summed E-state index contributed by atoms with van der Waals surface area (Å²) < 4.78 is 16.6. The molecule has 1 heterocycles. The maximum absolute atomic E-state index is 13.3. The van der Waals surface area contributed by atoms with Gasteiger partial charge in [0.05, 0.1) is 30.0 Å². The lowest BCUT2D eigenvalue weighted by molar-refractivity contribution is -0.174. The average molecular weight is 526 g/mol. The van der Waals surface area contributed by atoms with E-state index in [2.05, 4.69) is 13.8 Å². The van der Waals surface area contributed by atoms with Crippen molar-refractivity contribution in [2.45, 2.75) is 119 Å². The lowest BCUT2D eigenvalue weighted by atomic mass is 9.65. The number of ether oxygens (including phenoxy) is 3. The Hall–Kier alpha value is -2.12. The van der Waals surface area contributed by atoms with Crippen molar-refractivity contribution in [3.8, 4) is 0 Å². The van der Waals surface area contributed by atoms with E-state index < -0.39 is 34.4 Å². The van der Waals surface area contributed by atoms with Gasteiger partial charge in [-0.25, -0.2) is 0 Å². The largest absolute Gasteiger partial charge is 0.469 e. The van der Waals surface area contributed by atoms with E-state index >= 15 is 0 Å². The molecule has 1 aliphatic heterocycles. The van der Waals surface area contributed by atoms with Gasteiger partial charge in [-0.05, 0) is 72.6 Å². The van der Waals surface area contributed by atoms with Crippen LogP contribution < -0.4 is 0 Å². The van der Waals surface area contributed by atoms with Gasteiger partial charge in [-0.2, -0.15) is 0 Å². The van der Waals surface area contributed by atoms with Crippen molar-refractivity contribution >= 4 is 23.8 Å². The topological polar surface area (TPSA) is 99.2 Å². The van der Waals surface area contributed by atoms with Crippen molar-refractivity contribution in [2.75, 3.05) is 20.3 Å². The number of esters is 3. The minimum atomic E-state index is -1.14. The highest BCUT2D eigenvalue weighted by Crippen LogP contribution is 2.46. The van der Waals surface area contributed by atoms with E-state index in [1.807, 2.05) is 13.8 Å². The quantitative estimate of drug-likeness (QED) is 0.189. The summed E-state index contributed by atoms with van der Waals surface area (Å²) >= 11 is 0. The molecule has 1 saturated heterocycles. The Labute approximate surface area is 224 Å². The smallest absolute Gasteiger partial charge is 0.313 e. The van der Waals surface area contributed by atoms with Crippen LogP contribution in [0.15, 0.2) is 0 Å². The van der Waals surface area contributed by atoms with Gasteiger partial charge in [-0.1, -0.05) is 40.0 Å². The van der Waals surface area contributed by atoms with Crippen LogP contribution in [-0.4, -0.2) is 55.2 Å². The summed E-state index contributed by atoms with van der Waals surface area (Å²) in [5.41, 5.74) is -3.13. The third kappa shape index (κ3) is 8.99. The fourth-order valence-electron chi connectivity index (χ4n) is 5.40. The molecule has 0 aromatic carbocycles. The minimum absolute atomic E-state index is 0.0327. The van der Waals surface area contributed by atoms with Crippen LogP contribution in [0.2, 0.25) is 0 Å². The number of carbonyl (C=O) groups excluding carboxylic acids is 4. The van der Waals surface area contributed by atoms with Crippen LogP contribution in [0.25, 0.3) is 0 Å². The second kappa shape index (κ2) is 14.1. The molecular formula is C29H51NO7. The molecule has 0 saturated carbocycles. The standard InChI is InChI=1S/C29H51NO7/c1-10-13-15-22(11-2)18-36-26(34)28(7,12-3)20-29(8,25(33)35-9)19-27(5,6)24(32)37-21(4)30-17-14-16-23(30)31/h21-22H,10-20H2,1-9H3. The first kappa shape index (κ1) is 32.9. The molecule has 1 aliphatic rings. The van der Waals surface area contributed by atoms with Gasteiger partial charge in [0.1, 0.15) is 0 Å². The van der Waals surface area contributed by atoms with Crippen molar-refractivity contribution in [2.24, 2.45) is 22.2 Å². The van der Waals surface area contributed by atoms with Crippen LogP contribution in [0, 0.1) is 22.2 Å². The molecule has 0 bridgehead atoms. The normalized spacial score (nSPS) is 18.9. The van der Waals surface area contributed by atoms with Gasteiger partial charge in [0.2, 0.25) is 5.91 Å². The first-order valence-corrected chi connectivity index (χ1v) is 14.0. The van der Waals surface area contributed by atoms with Crippen molar-refractivity contribution in [3.05, 3.63) is 0 Å². The van der Waals surface area contributed by atoms with Gasteiger partial charge in [-0.3, -0.25) is 19.2 Å². The third-order valence-electron chi connectivity index (χ3n) is 7.94. The maximum Gasteiger partial charge on any atom is 0.313 e. The number of amides is 1. The number of hydrogen-bond acceptors (Lipinski definition) is 7. The Balaban J connectivity index is 3.03. The highest BCUT2D eigenvalue weighted by molar-refractivity contribution is 5.83. The van der Waals surface area contributed by atoms with Crippen LogP contribution in [0.5, 0.6) is 0 Å². The molecule has 1 amide bonds. The Morgan fingerprint density at radius 3 is 2.11 bits per heavy atom. The molecular weight excluding hydrogens is 474 g/mol. The highest BCUT2D eigenvalue weighted by atomic mass is 16.6. The van der Waals surface area contributed by atoms with E-state index in [9.17, 15) is 19.2 Å². The zero-order valence-corrected chi connectivity index (χ0v) is 24.7. The summed E-state index contributed by atoms with van der Waals surface area (Å²) in [6.07, 6.45) is 5.42. The predicted molar refractivity (Wildman–Crippen MR) is 142 cm³/mol. The number of rotatable bonds is 16. The zero-order valence-electron chi connectivity index (χ0n) is 24.7. The van der Waals surface area contributed by atoms with E-state index in [0.29, 0.717) is 31.9 Å². The highest BCUT2D eigenvalue weighted by Gasteiger charge is 2.50. The Morgan fingerprint density at radius 2 is 1.62 bits per heavy atom. The van der Waals surface area contributed by atoms with Gasteiger partial charge in [-0.15, -0.1) is 0 Å². The van der Waals surface area contributed by atoms with Crippen molar-refractivity contribution in [3.63, 3.8) is 0 Å². The summed E-state index contributed by atoms with van der Waals surface area (Å²) in [7, 11) is 1.31. The predicted octanol–water partition coefficient (Wildman–Crippen LogP) is 5.66. The van der Waals surface area contributed by atoms with Gasteiger partial charge in [0.15, 0.2) is 6.23 Å². The molecule has 0 aliphatic carbocycles. The number of methoxy groups -OCH3 is 1. The fraction of sp³-hybridized carbons (Fsp3) is 0.862. The summed E-state index contributed by atoms with van der Waals surface area (Å²) in [5.74, 6) is -1.04. The van der Waals surface area contributed by atoms with Gasteiger partial charge >= 0.3 is 17.9 Å². The molecule has 0 N–H and O–H groups in total. The van der Waals surface area contributed by atoms with Gasteiger partial charge in [0, 0.05) is 13.0 Å². The van der Waals surface area contributed by atoms with E-state index in [-0.39, 0.29) is 24.7 Å². The molecule has 0 radical (unpaired) electrons. The first-order valence-electron chi connectivity index (χ1n) is 14.0. The summed E-state index contributed by atoms with van der Waals surface area (Å²) in [6.45, 7) is 15.7. The molecule has 214 valence electrons. The maximum atomic E-state index is 13.3. The van der Waals surface area contributed by atoms with Crippen LogP contribution in [0.3, 0.4) is 0 Å². The molecule has 0 aromatic heterocycles. The molecule has 4 atom stereocenters. The number of hydrogen-bond donors (Lipinski definition) is 0. The minimum Gasteiger partial charge on any atom is -0.469 e. The molecule has 4 unspecified atom stereocenters.